The maximum atomic E-state index is 12.2. The van der Waals surface area contributed by atoms with Crippen LogP contribution in [0.15, 0.2) is 67.5 Å². The van der Waals surface area contributed by atoms with Crippen molar-refractivity contribution in [3.05, 3.63) is 84.2 Å². The highest BCUT2D eigenvalue weighted by Gasteiger charge is 2.18. The molecule has 0 aliphatic heterocycles. The van der Waals surface area contributed by atoms with E-state index in [1.165, 1.54) is 4.90 Å². The Hall–Kier alpha value is -3.48. The molecule has 0 radical (unpaired) electrons. The number of imidazole rings is 1. The van der Waals surface area contributed by atoms with Gasteiger partial charge in [0.1, 0.15) is 0 Å². The standard InChI is InChI=1S/C20H21N5O2/c1-24(13-16-5-7-21-8-6-16)20(27)19(26)23-12-17-3-2-4-18(11-17)14-25-10-9-22-15-25/h2-11,15H,12-14H2,1H3,(H,23,26). The fourth-order valence-corrected chi connectivity index (χ4v) is 2.69. The van der Waals surface area contributed by atoms with Crippen LogP contribution < -0.4 is 5.32 Å². The first-order valence-electron chi connectivity index (χ1n) is 8.57. The lowest BCUT2D eigenvalue weighted by atomic mass is 10.1. The Morgan fingerprint density at radius 1 is 1.04 bits per heavy atom. The molecule has 2 aromatic heterocycles. The van der Waals surface area contributed by atoms with Crippen molar-refractivity contribution in [2.24, 2.45) is 0 Å². The lowest BCUT2D eigenvalue weighted by Crippen LogP contribution is -2.40. The number of benzene rings is 1. The van der Waals surface area contributed by atoms with E-state index in [-0.39, 0.29) is 0 Å². The molecule has 0 bridgehead atoms. The second-order valence-electron chi connectivity index (χ2n) is 6.25. The van der Waals surface area contributed by atoms with Gasteiger partial charge in [-0.3, -0.25) is 14.6 Å². The molecule has 7 nitrogen and oxygen atoms in total. The molecule has 0 unspecified atom stereocenters. The van der Waals surface area contributed by atoms with E-state index in [9.17, 15) is 9.59 Å². The highest BCUT2D eigenvalue weighted by molar-refractivity contribution is 6.34. The molecule has 138 valence electrons. The third kappa shape index (κ3) is 5.24. The van der Waals surface area contributed by atoms with E-state index in [2.05, 4.69) is 15.3 Å². The van der Waals surface area contributed by atoms with E-state index in [0.29, 0.717) is 19.6 Å². The van der Waals surface area contributed by atoms with E-state index < -0.39 is 11.8 Å². The van der Waals surface area contributed by atoms with Crippen LogP contribution in [0.1, 0.15) is 16.7 Å². The summed E-state index contributed by atoms with van der Waals surface area (Å²) in [6.45, 7) is 1.36. The van der Waals surface area contributed by atoms with Gasteiger partial charge in [0.15, 0.2) is 0 Å². The van der Waals surface area contributed by atoms with Gasteiger partial charge in [0.25, 0.3) is 0 Å². The van der Waals surface area contributed by atoms with Crippen LogP contribution in [0.4, 0.5) is 0 Å². The summed E-state index contributed by atoms with van der Waals surface area (Å²) in [6, 6.07) is 11.5. The van der Waals surface area contributed by atoms with Crippen LogP contribution in [-0.4, -0.2) is 38.3 Å². The third-order valence-electron chi connectivity index (χ3n) is 4.08. The van der Waals surface area contributed by atoms with Gasteiger partial charge in [0, 0.05) is 51.5 Å². The van der Waals surface area contributed by atoms with Crippen molar-refractivity contribution in [1.29, 1.82) is 0 Å². The highest BCUT2D eigenvalue weighted by Crippen LogP contribution is 2.07. The van der Waals surface area contributed by atoms with Crippen LogP contribution in [0.5, 0.6) is 0 Å². The first-order chi connectivity index (χ1) is 13.1. The number of pyridine rings is 1. The van der Waals surface area contributed by atoms with E-state index in [1.54, 1.807) is 32.0 Å². The molecule has 0 fully saturated rings. The molecule has 2 amide bonds. The molecule has 0 atom stereocenters. The normalized spacial score (nSPS) is 10.4. The van der Waals surface area contributed by atoms with Crippen molar-refractivity contribution in [2.45, 2.75) is 19.6 Å². The molecule has 3 aromatic rings. The average molecular weight is 363 g/mol. The minimum atomic E-state index is -0.619. The van der Waals surface area contributed by atoms with Gasteiger partial charge < -0.3 is 14.8 Å². The van der Waals surface area contributed by atoms with Crippen molar-refractivity contribution in [2.75, 3.05) is 7.05 Å². The molecule has 27 heavy (non-hydrogen) atoms. The molecular weight excluding hydrogens is 342 g/mol. The van der Waals surface area contributed by atoms with Gasteiger partial charge in [-0.15, -0.1) is 0 Å². The predicted molar refractivity (Wildman–Crippen MR) is 100 cm³/mol. The number of carbonyl (C=O) groups is 2. The number of carbonyl (C=O) groups excluding carboxylic acids is 2. The molecule has 2 heterocycles. The maximum absolute atomic E-state index is 12.2. The van der Waals surface area contributed by atoms with E-state index in [0.717, 1.165) is 16.7 Å². The molecule has 7 heteroatoms. The third-order valence-corrected chi connectivity index (χ3v) is 4.08. The number of hydrogen-bond acceptors (Lipinski definition) is 4. The van der Waals surface area contributed by atoms with Gasteiger partial charge >= 0.3 is 11.8 Å². The van der Waals surface area contributed by atoms with Crippen LogP contribution in [0.25, 0.3) is 0 Å². The minimum Gasteiger partial charge on any atom is -0.344 e. The Morgan fingerprint density at radius 3 is 2.56 bits per heavy atom. The van der Waals surface area contributed by atoms with Crippen LogP contribution in [-0.2, 0) is 29.2 Å². The molecule has 0 saturated carbocycles. The zero-order valence-corrected chi connectivity index (χ0v) is 15.1. The summed E-state index contributed by atoms with van der Waals surface area (Å²) in [5.74, 6) is -1.19. The number of hydrogen-bond donors (Lipinski definition) is 1. The molecular formula is C20H21N5O2. The van der Waals surface area contributed by atoms with E-state index in [4.69, 9.17) is 0 Å². The zero-order valence-electron chi connectivity index (χ0n) is 15.1. The van der Waals surface area contributed by atoms with Crippen molar-refractivity contribution < 1.29 is 9.59 Å². The lowest BCUT2D eigenvalue weighted by molar-refractivity contribution is -0.145. The number of aromatic nitrogens is 3. The van der Waals surface area contributed by atoms with Gasteiger partial charge in [0.05, 0.1) is 6.33 Å². The van der Waals surface area contributed by atoms with Crippen LogP contribution in [0.2, 0.25) is 0 Å². The van der Waals surface area contributed by atoms with Gasteiger partial charge in [-0.2, -0.15) is 0 Å². The summed E-state index contributed by atoms with van der Waals surface area (Å²) in [4.78, 5) is 33.8. The second kappa shape index (κ2) is 8.75. The number of amides is 2. The van der Waals surface area contributed by atoms with Gasteiger partial charge in [-0.25, -0.2) is 4.98 Å². The Labute approximate surface area is 157 Å². The summed E-state index contributed by atoms with van der Waals surface area (Å²) in [6.07, 6.45) is 8.70. The Balaban J connectivity index is 1.53. The highest BCUT2D eigenvalue weighted by atomic mass is 16.2. The van der Waals surface area contributed by atoms with E-state index in [1.807, 2.05) is 47.2 Å². The number of rotatable bonds is 6. The van der Waals surface area contributed by atoms with Crippen LogP contribution in [0, 0.1) is 0 Å². The summed E-state index contributed by atoms with van der Waals surface area (Å²) >= 11 is 0. The predicted octanol–water partition coefficient (Wildman–Crippen LogP) is 1.60. The van der Waals surface area contributed by atoms with Crippen molar-refractivity contribution in [3.63, 3.8) is 0 Å². The number of nitrogens with one attached hydrogen (secondary N) is 1. The fourth-order valence-electron chi connectivity index (χ4n) is 2.69. The summed E-state index contributed by atoms with van der Waals surface area (Å²) < 4.78 is 1.97. The molecule has 0 aliphatic rings. The molecule has 3 rings (SSSR count). The minimum absolute atomic E-state index is 0.297. The summed E-state index contributed by atoms with van der Waals surface area (Å²) in [7, 11) is 1.61. The fraction of sp³-hybridized carbons (Fsp3) is 0.200. The molecule has 0 saturated heterocycles. The van der Waals surface area contributed by atoms with E-state index >= 15 is 0 Å². The first kappa shape index (κ1) is 18.3. The Kier molecular flexibility index (Phi) is 5.94. The van der Waals surface area contributed by atoms with Gasteiger partial charge in [-0.05, 0) is 28.8 Å². The van der Waals surface area contributed by atoms with Crippen molar-refractivity contribution in [3.8, 4) is 0 Å². The summed E-state index contributed by atoms with van der Waals surface area (Å²) in [5.41, 5.74) is 2.95. The molecule has 0 aliphatic carbocycles. The smallest absolute Gasteiger partial charge is 0.311 e. The van der Waals surface area contributed by atoms with Crippen molar-refractivity contribution in [1.82, 2.24) is 24.8 Å². The van der Waals surface area contributed by atoms with Gasteiger partial charge in [0.2, 0.25) is 0 Å². The molecule has 1 aromatic carbocycles. The quantitative estimate of drug-likeness (QED) is 0.675. The average Bonchev–Trinajstić information content (AvgIpc) is 3.19. The van der Waals surface area contributed by atoms with Crippen LogP contribution >= 0.6 is 0 Å². The lowest BCUT2D eigenvalue weighted by Gasteiger charge is -2.16. The van der Waals surface area contributed by atoms with Crippen molar-refractivity contribution >= 4 is 11.8 Å². The number of nitrogens with zero attached hydrogens (tertiary/aromatic N) is 4. The molecule has 0 spiro atoms. The topological polar surface area (TPSA) is 80.1 Å². The molecule has 1 N–H and O–H groups in total. The van der Waals surface area contributed by atoms with Gasteiger partial charge in [-0.1, -0.05) is 24.3 Å². The second-order valence-corrected chi connectivity index (χ2v) is 6.25. The summed E-state index contributed by atoms with van der Waals surface area (Å²) in [5, 5.41) is 2.69. The SMILES string of the molecule is CN(Cc1ccncc1)C(=O)C(=O)NCc1cccc(Cn2ccnc2)c1. The zero-order chi connectivity index (χ0) is 19.1. The Morgan fingerprint density at radius 2 is 1.81 bits per heavy atom. The maximum Gasteiger partial charge on any atom is 0.311 e. The van der Waals surface area contributed by atoms with Crippen LogP contribution in [0.3, 0.4) is 0 Å². The Bertz CT molecular complexity index is 894. The largest absolute Gasteiger partial charge is 0.344 e. The number of likely N-dealkylation sites (N-methyl/N-ethyl adjacent to an activating group) is 1. The monoisotopic (exact) mass is 363 g/mol. The first-order valence-corrected chi connectivity index (χ1v) is 8.57.